The van der Waals surface area contributed by atoms with Gasteiger partial charge in [0.15, 0.2) is 0 Å². The van der Waals surface area contributed by atoms with Crippen LogP contribution in [0.1, 0.15) is 5.56 Å². The molecule has 0 bridgehead atoms. The van der Waals surface area contributed by atoms with E-state index in [2.05, 4.69) is 10.3 Å². The zero-order chi connectivity index (χ0) is 14.8. The van der Waals surface area contributed by atoms with Crippen molar-refractivity contribution in [2.45, 2.75) is 6.54 Å². The number of anilines is 1. The summed E-state index contributed by atoms with van der Waals surface area (Å²) in [6.45, 7) is 0.377. The molecule has 1 heterocycles. The molecule has 2 N–H and O–H groups in total. The Morgan fingerprint density at radius 1 is 1.24 bits per heavy atom. The SMILES string of the molecule is O=[N+]([O-])c1ccc(F)c(NCc2c[nH]c3ccccc23)c1. The van der Waals surface area contributed by atoms with Gasteiger partial charge in [-0.25, -0.2) is 4.39 Å². The Balaban J connectivity index is 1.84. The molecule has 0 unspecified atom stereocenters. The molecule has 0 aliphatic heterocycles. The van der Waals surface area contributed by atoms with Crippen LogP contribution in [0.5, 0.6) is 0 Å². The average molecular weight is 285 g/mol. The second-order valence-electron chi connectivity index (χ2n) is 4.63. The number of nitro benzene ring substituents is 1. The van der Waals surface area contributed by atoms with E-state index in [1.165, 1.54) is 6.07 Å². The third-order valence-electron chi connectivity index (χ3n) is 3.30. The highest BCUT2D eigenvalue weighted by molar-refractivity contribution is 5.83. The molecule has 21 heavy (non-hydrogen) atoms. The van der Waals surface area contributed by atoms with Crippen LogP contribution < -0.4 is 5.32 Å². The van der Waals surface area contributed by atoms with E-state index in [1.807, 2.05) is 30.5 Å². The lowest BCUT2D eigenvalue weighted by Crippen LogP contribution is -2.02. The summed E-state index contributed by atoms with van der Waals surface area (Å²) in [6, 6.07) is 11.2. The maximum absolute atomic E-state index is 13.7. The number of fused-ring (bicyclic) bond motifs is 1. The molecule has 6 heteroatoms. The second kappa shape index (κ2) is 5.24. The molecule has 0 amide bonds. The van der Waals surface area contributed by atoms with Crippen molar-refractivity contribution in [3.63, 3.8) is 0 Å². The summed E-state index contributed by atoms with van der Waals surface area (Å²) in [4.78, 5) is 13.3. The van der Waals surface area contributed by atoms with Crippen molar-refractivity contribution in [2.24, 2.45) is 0 Å². The van der Waals surface area contributed by atoms with Gasteiger partial charge in [-0.15, -0.1) is 0 Å². The Hall–Kier alpha value is -2.89. The molecule has 0 saturated heterocycles. The maximum Gasteiger partial charge on any atom is 0.271 e. The number of aromatic nitrogens is 1. The smallest absolute Gasteiger partial charge is 0.271 e. The molecule has 0 fully saturated rings. The van der Waals surface area contributed by atoms with Gasteiger partial charge in [-0.3, -0.25) is 10.1 Å². The van der Waals surface area contributed by atoms with Crippen LogP contribution in [0.2, 0.25) is 0 Å². The number of hydrogen-bond donors (Lipinski definition) is 2. The van der Waals surface area contributed by atoms with E-state index in [0.717, 1.165) is 28.6 Å². The van der Waals surface area contributed by atoms with Crippen molar-refractivity contribution in [2.75, 3.05) is 5.32 Å². The molecule has 3 rings (SSSR count). The number of nitrogens with zero attached hydrogens (tertiary/aromatic N) is 1. The van der Waals surface area contributed by atoms with E-state index in [0.29, 0.717) is 6.54 Å². The third-order valence-corrected chi connectivity index (χ3v) is 3.30. The van der Waals surface area contributed by atoms with E-state index in [9.17, 15) is 14.5 Å². The third kappa shape index (κ3) is 2.55. The topological polar surface area (TPSA) is 71.0 Å². The summed E-state index contributed by atoms with van der Waals surface area (Å²) in [5.74, 6) is -0.513. The standard InChI is InChI=1S/C15H12FN3O2/c16-13-6-5-11(19(20)21)7-15(13)18-9-10-8-17-14-4-2-1-3-12(10)14/h1-8,17-18H,9H2. The monoisotopic (exact) mass is 285 g/mol. The second-order valence-corrected chi connectivity index (χ2v) is 4.63. The number of benzene rings is 2. The lowest BCUT2D eigenvalue weighted by atomic mass is 10.1. The molecule has 106 valence electrons. The fourth-order valence-electron chi connectivity index (χ4n) is 2.23. The molecule has 0 atom stereocenters. The molecule has 0 radical (unpaired) electrons. The summed E-state index contributed by atoms with van der Waals surface area (Å²) in [7, 11) is 0. The van der Waals surface area contributed by atoms with E-state index >= 15 is 0 Å². The maximum atomic E-state index is 13.7. The zero-order valence-corrected chi connectivity index (χ0v) is 11.0. The van der Waals surface area contributed by atoms with Crippen molar-refractivity contribution < 1.29 is 9.31 Å². The predicted octanol–water partition coefficient (Wildman–Crippen LogP) is 3.83. The van der Waals surface area contributed by atoms with E-state index in [1.54, 1.807) is 0 Å². The van der Waals surface area contributed by atoms with Crippen LogP contribution in [0.3, 0.4) is 0 Å². The van der Waals surface area contributed by atoms with Gasteiger partial charge in [-0.2, -0.15) is 0 Å². The van der Waals surface area contributed by atoms with Crippen molar-refractivity contribution in [3.8, 4) is 0 Å². The lowest BCUT2D eigenvalue weighted by molar-refractivity contribution is -0.384. The number of nitro groups is 1. The summed E-state index contributed by atoms with van der Waals surface area (Å²) in [5.41, 5.74) is 1.94. The number of halogens is 1. The first-order chi connectivity index (χ1) is 10.1. The minimum Gasteiger partial charge on any atom is -0.378 e. The molecule has 0 aliphatic rings. The van der Waals surface area contributed by atoms with Crippen LogP contribution in [0.15, 0.2) is 48.7 Å². The van der Waals surface area contributed by atoms with E-state index < -0.39 is 10.7 Å². The highest BCUT2D eigenvalue weighted by Crippen LogP contribution is 2.23. The highest BCUT2D eigenvalue weighted by Gasteiger charge is 2.11. The van der Waals surface area contributed by atoms with Crippen LogP contribution in [0.4, 0.5) is 15.8 Å². The molecule has 0 saturated carbocycles. The van der Waals surface area contributed by atoms with Crippen molar-refractivity contribution >= 4 is 22.3 Å². The summed E-state index contributed by atoms with van der Waals surface area (Å²) >= 11 is 0. The van der Waals surface area contributed by atoms with Crippen LogP contribution in [0, 0.1) is 15.9 Å². The lowest BCUT2D eigenvalue weighted by Gasteiger charge is -2.06. The van der Waals surface area contributed by atoms with Crippen molar-refractivity contribution in [1.82, 2.24) is 4.98 Å². The Bertz CT molecular complexity index is 814. The molecule has 2 aromatic carbocycles. The Morgan fingerprint density at radius 3 is 2.86 bits per heavy atom. The quantitative estimate of drug-likeness (QED) is 0.565. The van der Waals surface area contributed by atoms with Gasteiger partial charge < -0.3 is 10.3 Å². The number of aromatic amines is 1. The molecule has 0 aliphatic carbocycles. The number of nitrogens with one attached hydrogen (secondary N) is 2. The molecule has 5 nitrogen and oxygen atoms in total. The van der Waals surface area contributed by atoms with Crippen molar-refractivity contribution in [3.05, 3.63) is 70.2 Å². The zero-order valence-electron chi connectivity index (χ0n) is 11.0. The summed E-state index contributed by atoms with van der Waals surface area (Å²) < 4.78 is 13.7. The predicted molar refractivity (Wildman–Crippen MR) is 78.7 cm³/mol. The molecule has 1 aromatic heterocycles. The van der Waals surface area contributed by atoms with Gasteiger partial charge in [-0.05, 0) is 17.7 Å². The fraction of sp³-hybridized carbons (Fsp3) is 0.0667. The van der Waals surface area contributed by atoms with Crippen LogP contribution >= 0.6 is 0 Å². The van der Waals surface area contributed by atoms with Gasteiger partial charge in [0.1, 0.15) is 5.82 Å². The van der Waals surface area contributed by atoms with Crippen LogP contribution in [0.25, 0.3) is 10.9 Å². The van der Waals surface area contributed by atoms with E-state index in [4.69, 9.17) is 0 Å². The van der Waals surface area contributed by atoms with Gasteiger partial charge in [0.05, 0.1) is 10.6 Å². The number of rotatable bonds is 4. The van der Waals surface area contributed by atoms with Crippen molar-refractivity contribution in [1.29, 1.82) is 0 Å². The first-order valence-electron chi connectivity index (χ1n) is 6.38. The Labute approximate surface area is 119 Å². The van der Waals surface area contributed by atoms with Gasteiger partial charge in [-0.1, -0.05) is 18.2 Å². The number of para-hydroxylation sites is 1. The fourth-order valence-corrected chi connectivity index (χ4v) is 2.23. The van der Waals surface area contributed by atoms with Gasteiger partial charge >= 0.3 is 0 Å². The highest BCUT2D eigenvalue weighted by atomic mass is 19.1. The summed E-state index contributed by atoms with van der Waals surface area (Å²) in [5, 5.41) is 14.7. The van der Waals surface area contributed by atoms with E-state index in [-0.39, 0.29) is 11.4 Å². The summed E-state index contributed by atoms with van der Waals surface area (Å²) in [6.07, 6.45) is 1.84. The first kappa shape index (κ1) is 13.1. The average Bonchev–Trinajstić information content (AvgIpc) is 2.89. The molecular weight excluding hydrogens is 273 g/mol. The number of non-ortho nitro benzene ring substituents is 1. The minimum absolute atomic E-state index is 0.120. The first-order valence-corrected chi connectivity index (χ1v) is 6.38. The van der Waals surface area contributed by atoms with Gasteiger partial charge in [0, 0.05) is 35.8 Å². The Kier molecular flexibility index (Phi) is 3.27. The molecule has 0 spiro atoms. The Morgan fingerprint density at radius 2 is 2.05 bits per heavy atom. The van der Waals surface area contributed by atoms with Crippen LogP contribution in [-0.4, -0.2) is 9.91 Å². The number of H-pyrrole nitrogens is 1. The number of hydrogen-bond acceptors (Lipinski definition) is 3. The molecule has 3 aromatic rings. The molecular formula is C15H12FN3O2. The van der Waals surface area contributed by atoms with Gasteiger partial charge in [0.25, 0.3) is 5.69 Å². The minimum atomic E-state index is -0.545. The largest absolute Gasteiger partial charge is 0.378 e. The van der Waals surface area contributed by atoms with Gasteiger partial charge in [0.2, 0.25) is 0 Å². The van der Waals surface area contributed by atoms with Crippen LogP contribution in [-0.2, 0) is 6.54 Å². The normalized spacial score (nSPS) is 10.7.